The van der Waals surface area contributed by atoms with Gasteiger partial charge in [-0.15, -0.1) is 11.3 Å². The lowest BCUT2D eigenvalue weighted by Gasteiger charge is -2.11. The van der Waals surface area contributed by atoms with E-state index in [-0.39, 0.29) is 23.9 Å². The fourth-order valence-corrected chi connectivity index (χ4v) is 3.83. The lowest BCUT2D eigenvalue weighted by molar-refractivity contribution is 0.358. The Labute approximate surface area is 159 Å². The maximum absolute atomic E-state index is 10.4. The monoisotopic (exact) mass is 380 g/mol. The Kier molecular flexibility index (Phi) is 4.25. The fourth-order valence-electron chi connectivity index (χ4n) is 2.79. The third-order valence-electron chi connectivity index (χ3n) is 4.14. The Hall–Kier alpha value is -3.39. The summed E-state index contributed by atoms with van der Waals surface area (Å²) in [5, 5.41) is 34.8. The largest absolute Gasteiger partial charge is 0.509 e. The highest BCUT2D eigenvalue weighted by Gasteiger charge is 2.30. The quantitative estimate of drug-likeness (QED) is 0.600. The number of para-hydroxylation sites is 1. The molecule has 1 aromatic heterocycles. The summed E-state index contributed by atoms with van der Waals surface area (Å²) in [4.78, 5) is 4.51. The van der Waals surface area contributed by atoms with E-state index >= 15 is 0 Å². The number of rotatable bonds is 4. The first-order valence-electron chi connectivity index (χ1n) is 8.12. The average molecular weight is 380 g/mol. The van der Waals surface area contributed by atoms with Crippen molar-refractivity contribution in [2.75, 3.05) is 13.7 Å². The second-order valence-electron chi connectivity index (χ2n) is 5.89. The molecule has 3 N–H and O–H groups in total. The highest BCUT2D eigenvalue weighted by atomic mass is 32.1. The molecule has 0 saturated carbocycles. The van der Waals surface area contributed by atoms with Gasteiger partial charge in [0, 0.05) is 0 Å². The summed E-state index contributed by atoms with van der Waals surface area (Å²) in [5.74, 6) is 0.530. The standard InChI is InChI=1S/C19H16N4O3S/c1-26-15-7-6-11(8-13(15)24)9-21-23-10-14(25)17(18(23)20)19-22-12-4-2-3-5-16(12)27-19/h2-9,20,24-25H,10H2,1H3. The zero-order valence-corrected chi connectivity index (χ0v) is 15.2. The molecule has 0 radical (unpaired) electrons. The first-order chi connectivity index (χ1) is 13.1. The smallest absolute Gasteiger partial charge is 0.160 e. The van der Waals surface area contributed by atoms with Crippen LogP contribution in [0, 0.1) is 5.41 Å². The van der Waals surface area contributed by atoms with E-state index in [0.717, 1.165) is 10.2 Å². The summed E-state index contributed by atoms with van der Waals surface area (Å²) in [7, 11) is 1.48. The highest BCUT2D eigenvalue weighted by molar-refractivity contribution is 7.19. The second-order valence-corrected chi connectivity index (χ2v) is 6.92. The lowest BCUT2D eigenvalue weighted by Crippen LogP contribution is -2.20. The fraction of sp³-hybridized carbons (Fsp3) is 0.105. The topological polar surface area (TPSA) is 102 Å². The lowest BCUT2D eigenvalue weighted by atomic mass is 10.2. The van der Waals surface area contributed by atoms with Gasteiger partial charge in [0.1, 0.15) is 17.3 Å². The van der Waals surface area contributed by atoms with Gasteiger partial charge in [0.2, 0.25) is 0 Å². The van der Waals surface area contributed by atoms with E-state index in [1.54, 1.807) is 12.1 Å². The van der Waals surface area contributed by atoms with Gasteiger partial charge in [0.05, 0.1) is 29.1 Å². The molecule has 1 aliphatic heterocycles. The molecule has 0 atom stereocenters. The van der Waals surface area contributed by atoms with Gasteiger partial charge in [0.15, 0.2) is 17.3 Å². The predicted molar refractivity (Wildman–Crippen MR) is 106 cm³/mol. The minimum atomic E-state index is 0.00841. The molecule has 4 rings (SSSR count). The van der Waals surface area contributed by atoms with E-state index in [0.29, 0.717) is 21.9 Å². The highest BCUT2D eigenvalue weighted by Crippen LogP contribution is 2.33. The van der Waals surface area contributed by atoms with Crippen LogP contribution in [0.4, 0.5) is 0 Å². The molecule has 0 spiro atoms. The van der Waals surface area contributed by atoms with Gasteiger partial charge in [-0.2, -0.15) is 5.10 Å². The number of benzene rings is 2. The molecule has 27 heavy (non-hydrogen) atoms. The van der Waals surface area contributed by atoms with E-state index < -0.39 is 0 Å². The van der Waals surface area contributed by atoms with Crippen LogP contribution in [0.5, 0.6) is 11.5 Å². The van der Waals surface area contributed by atoms with Gasteiger partial charge in [-0.1, -0.05) is 12.1 Å². The number of nitrogens with one attached hydrogen (secondary N) is 1. The van der Waals surface area contributed by atoms with Crippen LogP contribution in [0.1, 0.15) is 10.6 Å². The van der Waals surface area contributed by atoms with E-state index in [1.165, 1.54) is 35.7 Å². The van der Waals surface area contributed by atoms with Crippen molar-refractivity contribution >= 4 is 39.2 Å². The molecule has 0 fully saturated rings. The minimum Gasteiger partial charge on any atom is -0.509 e. The number of hydrazone groups is 1. The van der Waals surface area contributed by atoms with E-state index in [1.807, 2.05) is 24.3 Å². The number of phenolic OH excluding ortho intramolecular Hbond substituents is 1. The summed E-state index contributed by atoms with van der Waals surface area (Å²) >= 11 is 1.43. The number of aliphatic hydroxyl groups excluding tert-OH is 1. The van der Waals surface area contributed by atoms with E-state index in [2.05, 4.69) is 10.1 Å². The summed E-state index contributed by atoms with van der Waals surface area (Å²) in [6.07, 6.45) is 1.52. The molecule has 2 heterocycles. The van der Waals surface area contributed by atoms with E-state index in [9.17, 15) is 10.2 Å². The molecule has 0 amide bonds. The number of nitrogens with zero attached hydrogens (tertiary/aromatic N) is 3. The molecular weight excluding hydrogens is 364 g/mol. The zero-order valence-electron chi connectivity index (χ0n) is 14.4. The number of hydrogen-bond donors (Lipinski definition) is 3. The maximum Gasteiger partial charge on any atom is 0.160 e. The number of aromatic hydroxyl groups is 1. The van der Waals surface area contributed by atoms with Crippen molar-refractivity contribution in [2.45, 2.75) is 0 Å². The maximum atomic E-state index is 10.4. The molecule has 0 unspecified atom stereocenters. The molecule has 3 aromatic rings. The third-order valence-corrected chi connectivity index (χ3v) is 5.19. The number of ether oxygens (including phenoxy) is 1. The van der Waals surface area contributed by atoms with Crippen molar-refractivity contribution in [2.24, 2.45) is 5.10 Å². The third kappa shape index (κ3) is 3.11. The zero-order chi connectivity index (χ0) is 19.0. The van der Waals surface area contributed by atoms with Crippen molar-refractivity contribution in [1.82, 2.24) is 9.99 Å². The first kappa shape index (κ1) is 17.0. The van der Waals surface area contributed by atoms with Crippen molar-refractivity contribution < 1.29 is 14.9 Å². The molecule has 8 heteroatoms. The van der Waals surface area contributed by atoms with Crippen molar-refractivity contribution in [3.63, 3.8) is 0 Å². The summed E-state index contributed by atoms with van der Waals surface area (Å²) < 4.78 is 6.01. The van der Waals surface area contributed by atoms with Gasteiger partial charge >= 0.3 is 0 Å². The summed E-state index contributed by atoms with van der Waals surface area (Å²) in [6.45, 7) is 0.0999. The Bertz CT molecular complexity index is 1070. The Morgan fingerprint density at radius 3 is 2.81 bits per heavy atom. The molecule has 1 aliphatic rings. The van der Waals surface area contributed by atoms with Crippen molar-refractivity contribution in [3.8, 4) is 11.5 Å². The number of amidine groups is 1. The Morgan fingerprint density at radius 2 is 2.07 bits per heavy atom. The van der Waals surface area contributed by atoms with Gasteiger partial charge in [0.25, 0.3) is 0 Å². The van der Waals surface area contributed by atoms with Crippen LogP contribution in [0.25, 0.3) is 15.8 Å². The normalized spacial score (nSPS) is 14.7. The predicted octanol–water partition coefficient (Wildman–Crippen LogP) is 3.61. The second kappa shape index (κ2) is 6.73. The molecule has 0 bridgehead atoms. The van der Waals surface area contributed by atoms with Gasteiger partial charge in [-0.3, -0.25) is 5.41 Å². The molecule has 2 aromatic carbocycles. The van der Waals surface area contributed by atoms with Crippen LogP contribution < -0.4 is 4.74 Å². The Balaban J connectivity index is 1.57. The van der Waals surface area contributed by atoms with Crippen LogP contribution >= 0.6 is 11.3 Å². The van der Waals surface area contributed by atoms with Crippen molar-refractivity contribution in [1.29, 1.82) is 5.41 Å². The van der Waals surface area contributed by atoms with Crippen molar-refractivity contribution in [3.05, 3.63) is 58.8 Å². The number of aromatic nitrogens is 1. The first-order valence-corrected chi connectivity index (χ1v) is 8.94. The summed E-state index contributed by atoms with van der Waals surface area (Å²) in [5.41, 5.74) is 1.88. The minimum absolute atomic E-state index is 0.00841. The van der Waals surface area contributed by atoms with Crippen LogP contribution in [0.2, 0.25) is 0 Å². The Morgan fingerprint density at radius 1 is 1.26 bits per heavy atom. The number of methoxy groups -OCH3 is 1. The molecular formula is C19H16N4O3S. The molecule has 136 valence electrons. The average Bonchev–Trinajstić information content (AvgIpc) is 3.20. The molecule has 0 saturated heterocycles. The van der Waals surface area contributed by atoms with Gasteiger partial charge in [-0.25, -0.2) is 9.99 Å². The number of thiazole rings is 1. The number of phenols is 1. The number of hydrogen-bond acceptors (Lipinski definition) is 7. The molecule has 0 aliphatic carbocycles. The van der Waals surface area contributed by atoms with Crippen LogP contribution in [0.3, 0.4) is 0 Å². The van der Waals surface area contributed by atoms with Gasteiger partial charge < -0.3 is 14.9 Å². The summed E-state index contributed by atoms with van der Waals surface area (Å²) in [6, 6.07) is 12.6. The van der Waals surface area contributed by atoms with Gasteiger partial charge in [-0.05, 0) is 35.9 Å². The van der Waals surface area contributed by atoms with Crippen LogP contribution in [-0.4, -0.2) is 45.9 Å². The number of aliphatic hydroxyl groups is 1. The van der Waals surface area contributed by atoms with Crippen LogP contribution in [-0.2, 0) is 0 Å². The molecule has 7 nitrogen and oxygen atoms in total. The van der Waals surface area contributed by atoms with Crippen LogP contribution in [0.15, 0.2) is 53.3 Å². The SMILES string of the molecule is COc1ccc(C=NN2CC(O)=C(c3nc4ccccc4s3)C2=N)cc1O. The number of fused-ring (bicyclic) bond motifs is 1. The van der Waals surface area contributed by atoms with E-state index in [4.69, 9.17) is 10.1 Å².